The van der Waals surface area contributed by atoms with Gasteiger partial charge >= 0.3 is 0 Å². The monoisotopic (exact) mass is 330 g/mol. The largest absolute Gasteiger partial charge is 1.00 e. The van der Waals surface area contributed by atoms with Crippen molar-refractivity contribution in [1.29, 1.82) is 0 Å². The molecule has 1 aliphatic carbocycles. The lowest BCUT2D eigenvalue weighted by atomic mass is 10.4. The summed E-state index contributed by atoms with van der Waals surface area (Å²) in [6.45, 7) is 4.82. The quantitative estimate of drug-likeness (QED) is 0.533. The number of hydrogen-bond acceptors (Lipinski definition) is 0. The number of rotatable bonds is 2. The zero-order valence-electron chi connectivity index (χ0n) is 9.10. The molecule has 0 saturated carbocycles. The molecule has 0 saturated heterocycles. The van der Waals surface area contributed by atoms with Gasteiger partial charge in [-0.2, -0.15) is 0 Å². The second-order valence-electron chi connectivity index (χ2n) is 4.14. The highest BCUT2D eigenvalue weighted by Crippen LogP contribution is 2.56. The lowest BCUT2D eigenvalue weighted by Gasteiger charge is -2.22. The Morgan fingerprint density at radius 1 is 0.933 bits per heavy atom. The Balaban J connectivity index is 0.00000112. The van der Waals surface area contributed by atoms with Crippen LogP contribution in [-0.2, 0) is 0 Å². The molecule has 0 bridgehead atoms. The van der Waals surface area contributed by atoms with Gasteiger partial charge < -0.3 is 24.0 Å². The van der Waals surface area contributed by atoms with Crippen LogP contribution in [0.4, 0.5) is 0 Å². The summed E-state index contributed by atoms with van der Waals surface area (Å²) < 4.78 is 0. The Bertz CT molecular complexity index is 353. The summed E-state index contributed by atoms with van der Waals surface area (Å²) in [5.41, 5.74) is 0.643. The second kappa shape index (κ2) is 5.27. The maximum atomic E-state index is 2.41. The van der Waals surface area contributed by atoms with Gasteiger partial charge in [-0.1, -0.05) is 30.4 Å². The maximum Gasteiger partial charge on any atom is 0.110 e. The molecule has 0 radical (unpaired) electrons. The smallest absolute Gasteiger partial charge is 0.110 e. The van der Waals surface area contributed by atoms with Crippen molar-refractivity contribution in [2.75, 3.05) is 13.3 Å². The summed E-state index contributed by atoms with van der Waals surface area (Å²) in [6.07, 6.45) is 8.96. The summed E-state index contributed by atoms with van der Waals surface area (Å²) in [4.78, 5) is 0. The third kappa shape index (κ3) is 2.70. The van der Waals surface area contributed by atoms with Crippen LogP contribution in [0.3, 0.4) is 0 Å². The maximum absolute atomic E-state index is 2.41. The normalized spacial score (nSPS) is 15.3. The molecular weight excluding hydrogens is 314 g/mol. The topological polar surface area (TPSA) is 0 Å². The lowest BCUT2D eigenvalue weighted by Crippen LogP contribution is -3.00. The molecule has 0 N–H and O–H groups in total. The third-order valence-corrected chi connectivity index (χ3v) is 6.36. The highest BCUT2D eigenvalue weighted by molar-refractivity contribution is 7.82. The minimum Gasteiger partial charge on any atom is -1.00 e. The van der Waals surface area contributed by atoms with Gasteiger partial charge in [0, 0.05) is 0 Å². The molecule has 1 aromatic carbocycles. The van der Waals surface area contributed by atoms with Gasteiger partial charge in [0.1, 0.15) is 5.66 Å². The van der Waals surface area contributed by atoms with E-state index >= 15 is 0 Å². The molecule has 2 heteroatoms. The average molecular weight is 330 g/mol. The van der Waals surface area contributed by atoms with Crippen LogP contribution in [0, 0.1) is 0 Å². The van der Waals surface area contributed by atoms with Crippen LogP contribution in [0.2, 0.25) is 0 Å². The van der Waals surface area contributed by atoms with E-state index < -0.39 is 7.26 Å². The molecule has 0 aliphatic heterocycles. The van der Waals surface area contributed by atoms with Gasteiger partial charge in [-0.25, -0.2) is 0 Å². The van der Waals surface area contributed by atoms with E-state index in [1.165, 1.54) is 5.30 Å². The second-order valence-corrected chi connectivity index (χ2v) is 8.33. The molecule has 2 rings (SSSR count). The fourth-order valence-corrected chi connectivity index (χ4v) is 4.18. The van der Waals surface area contributed by atoms with Crippen molar-refractivity contribution in [3.63, 3.8) is 0 Å². The number of benzene rings is 1. The highest BCUT2D eigenvalue weighted by atomic mass is 127. The molecular formula is C13H16IP. The van der Waals surface area contributed by atoms with Gasteiger partial charge in [-0.15, -0.1) is 0 Å². The first-order valence-electron chi connectivity index (χ1n) is 4.95. The molecule has 0 unspecified atom stereocenters. The van der Waals surface area contributed by atoms with Gasteiger partial charge in [0.05, 0.1) is 25.9 Å². The molecule has 80 valence electrons. The van der Waals surface area contributed by atoms with Crippen LogP contribution < -0.4 is 29.3 Å². The van der Waals surface area contributed by atoms with Crippen LogP contribution in [0.1, 0.15) is 0 Å². The first-order chi connectivity index (χ1) is 6.71. The summed E-state index contributed by atoms with van der Waals surface area (Å²) >= 11 is 0. The summed E-state index contributed by atoms with van der Waals surface area (Å²) in [5, 5.41) is 1.52. The van der Waals surface area contributed by atoms with Crippen molar-refractivity contribution in [3.8, 4) is 0 Å². The van der Waals surface area contributed by atoms with Crippen molar-refractivity contribution in [2.45, 2.75) is 5.66 Å². The minimum atomic E-state index is -1.02. The molecule has 1 aliphatic rings. The number of allylic oxidation sites excluding steroid dienone is 4. The molecule has 0 heterocycles. The van der Waals surface area contributed by atoms with Crippen molar-refractivity contribution >= 4 is 12.6 Å². The molecule has 0 amide bonds. The lowest BCUT2D eigenvalue weighted by molar-refractivity contribution is -0.00000288. The van der Waals surface area contributed by atoms with Crippen LogP contribution in [0.25, 0.3) is 0 Å². The standard InChI is InChI=1S/C13H16P.HI/c1-14(2,13-10-6-7-11-13)12-8-4-3-5-9-12;/h3-11,13H,1-2H3;1H/q+1;/p-1. The minimum absolute atomic E-state index is 0. The van der Waals surface area contributed by atoms with E-state index in [2.05, 4.69) is 68.0 Å². The van der Waals surface area contributed by atoms with Crippen LogP contribution in [0.5, 0.6) is 0 Å². The Kier molecular flexibility index (Phi) is 4.54. The van der Waals surface area contributed by atoms with Crippen LogP contribution >= 0.6 is 7.26 Å². The zero-order valence-corrected chi connectivity index (χ0v) is 12.2. The predicted octanol–water partition coefficient (Wildman–Crippen LogP) is 0.0877. The third-order valence-electron chi connectivity index (χ3n) is 2.89. The average Bonchev–Trinajstić information content (AvgIpc) is 2.72. The summed E-state index contributed by atoms with van der Waals surface area (Å²) in [6, 6.07) is 10.9. The van der Waals surface area contributed by atoms with Crippen molar-refractivity contribution in [3.05, 3.63) is 54.6 Å². The van der Waals surface area contributed by atoms with Crippen LogP contribution in [-0.4, -0.2) is 19.0 Å². The van der Waals surface area contributed by atoms with E-state index in [9.17, 15) is 0 Å². The van der Waals surface area contributed by atoms with Crippen molar-refractivity contribution in [1.82, 2.24) is 0 Å². The molecule has 0 aromatic heterocycles. The molecule has 0 spiro atoms. The Hall–Kier alpha value is -0.140. The van der Waals surface area contributed by atoms with E-state index in [0.717, 1.165) is 0 Å². The zero-order chi connectivity index (χ0) is 10.0. The van der Waals surface area contributed by atoms with Gasteiger partial charge in [-0.3, -0.25) is 0 Å². The van der Waals surface area contributed by atoms with Gasteiger partial charge in [0.2, 0.25) is 0 Å². The fourth-order valence-electron chi connectivity index (χ4n) is 1.83. The number of halogens is 1. The Labute approximate surface area is 110 Å². The predicted molar refractivity (Wildman–Crippen MR) is 66.9 cm³/mol. The molecule has 1 aromatic rings. The number of hydrogen-bond donors (Lipinski definition) is 0. The van der Waals surface area contributed by atoms with Crippen LogP contribution in [0.15, 0.2) is 54.6 Å². The SMILES string of the molecule is C[P+](C)(c1ccccc1)C1C=CC=C1.[I-]. The van der Waals surface area contributed by atoms with E-state index in [1.54, 1.807) is 0 Å². The van der Waals surface area contributed by atoms with Gasteiger partial charge in [0.15, 0.2) is 0 Å². The van der Waals surface area contributed by atoms with Gasteiger partial charge in [-0.05, 0) is 24.3 Å². The molecule has 0 fully saturated rings. The first kappa shape index (κ1) is 12.9. The fraction of sp³-hybridized carbons (Fsp3) is 0.231. The van der Waals surface area contributed by atoms with E-state index in [0.29, 0.717) is 5.66 Å². The van der Waals surface area contributed by atoms with Gasteiger partial charge in [0.25, 0.3) is 0 Å². The van der Waals surface area contributed by atoms with E-state index in [1.807, 2.05) is 0 Å². The molecule has 0 atom stereocenters. The molecule has 15 heavy (non-hydrogen) atoms. The van der Waals surface area contributed by atoms with Crippen molar-refractivity contribution < 1.29 is 24.0 Å². The molecule has 0 nitrogen and oxygen atoms in total. The first-order valence-corrected chi connectivity index (χ1v) is 7.71. The summed E-state index contributed by atoms with van der Waals surface area (Å²) in [5.74, 6) is 0. The van der Waals surface area contributed by atoms with E-state index in [-0.39, 0.29) is 24.0 Å². The summed E-state index contributed by atoms with van der Waals surface area (Å²) in [7, 11) is -1.02. The van der Waals surface area contributed by atoms with E-state index in [4.69, 9.17) is 0 Å². The Morgan fingerprint density at radius 3 is 2.00 bits per heavy atom. The highest BCUT2D eigenvalue weighted by Gasteiger charge is 2.35. The van der Waals surface area contributed by atoms with Crippen molar-refractivity contribution in [2.24, 2.45) is 0 Å². The Morgan fingerprint density at radius 2 is 1.47 bits per heavy atom.